The van der Waals surface area contributed by atoms with E-state index in [9.17, 15) is 4.79 Å². The van der Waals surface area contributed by atoms with Gasteiger partial charge < -0.3 is 0 Å². The van der Waals surface area contributed by atoms with Gasteiger partial charge in [0.05, 0.1) is 5.71 Å². The Hall–Kier alpha value is -2.56. The molecular formula is C15H14N4O. The lowest BCUT2D eigenvalue weighted by Gasteiger charge is -2.19. The largest absolute Gasteiger partial charge is 0.273 e. The molecule has 1 amide bonds. The van der Waals surface area contributed by atoms with E-state index in [1.807, 2.05) is 31.2 Å². The van der Waals surface area contributed by atoms with Crippen molar-refractivity contribution >= 4 is 11.6 Å². The zero-order valence-corrected chi connectivity index (χ0v) is 11.1. The summed E-state index contributed by atoms with van der Waals surface area (Å²) in [6, 6.07) is 8.05. The molecule has 5 nitrogen and oxygen atoms in total. The number of hydrazone groups is 1. The number of hydrogen-bond acceptors (Lipinski definition) is 4. The molecule has 0 radical (unpaired) electrons. The fraction of sp³-hybridized carbons (Fsp3) is 0.200. The van der Waals surface area contributed by atoms with Gasteiger partial charge in [-0.2, -0.15) is 5.10 Å². The predicted molar refractivity (Wildman–Crippen MR) is 75.9 cm³/mol. The summed E-state index contributed by atoms with van der Waals surface area (Å²) in [6.07, 6.45) is 5.55. The number of rotatable bonds is 2. The second kappa shape index (κ2) is 5.21. The Morgan fingerprint density at radius 1 is 1.05 bits per heavy atom. The van der Waals surface area contributed by atoms with Gasteiger partial charge in [-0.25, -0.2) is 15.4 Å². The first-order valence-electron chi connectivity index (χ1n) is 6.46. The standard InChI is InChI=1S/C15H14N4O/c1-10-6-14(20)18-19-15(10)12-4-2-11(3-5-12)13-7-16-9-17-8-13/h2-5,7-10H,6H2,1H3,(H,18,20)/t10-/m1/s1. The van der Waals surface area contributed by atoms with Crippen LogP contribution in [0, 0.1) is 5.92 Å². The fourth-order valence-corrected chi connectivity index (χ4v) is 2.28. The van der Waals surface area contributed by atoms with Crippen LogP contribution in [0.5, 0.6) is 0 Å². The number of carbonyl (C=O) groups is 1. The fourth-order valence-electron chi connectivity index (χ4n) is 2.28. The summed E-state index contributed by atoms with van der Waals surface area (Å²) in [7, 11) is 0. The monoisotopic (exact) mass is 266 g/mol. The lowest BCUT2D eigenvalue weighted by molar-refractivity contribution is -0.121. The molecule has 1 aliphatic heterocycles. The van der Waals surface area contributed by atoms with E-state index in [4.69, 9.17) is 0 Å². The summed E-state index contributed by atoms with van der Waals surface area (Å²) >= 11 is 0. The van der Waals surface area contributed by atoms with Gasteiger partial charge in [0.25, 0.3) is 0 Å². The van der Waals surface area contributed by atoms with Gasteiger partial charge in [0.2, 0.25) is 5.91 Å². The molecule has 2 aromatic rings. The van der Waals surface area contributed by atoms with Gasteiger partial charge in [-0.1, -0.05) is 31.2 Å². The maximum Gasteiger partial charge on any atom is 0.240 e. The number of nitrogens with one attached hydrogen (secondary N) is 1. The number of benzene rings is 1. The van der Waals surface area contributed by atoms with Gasteiger partial charge in [0.15, 0.2) is 0 Å². The molecule has 0 fully saturated rings. The van der Waals surface area contributed by atoms with Crippen molar-refractivity contribution in [2.45, 2.75) is 13.3 Å². The molecule has 1 atom stereocenters. The first-order chi connectivity index (χ1) is 9.74. The highest BCUT2D eigenvalue weighted by Gasteiger charge is 2.21. The zero-order chi connectivity index (χ0) is 13.9. The molecule has 0 bridgehead atoms. The van der Waals surface area contributed by atoms with E-state index >= 15 is 0 Å². The van der Waals surface area contributed by atoms with Gasteiger partial charge in [0, 0.05) is 30.3 Å². The molecule has 5 heteroatoms. The first kappa shape index (κ1) is 12.5. The summed E-state index contributed by atoms with van der Waals surface area (Å²) < 4.78 is 0. The predicted octanol–water partition coefficient (Wildman–Crippen LogP) is 2.00. The van der Waals surface area contributed by atoms with Crippen molar-refractivity contribution < 1.29 is 4.79 Å². The normalized spacial score (nSPS) is 18.4. The lowest BCUT2D eigenvalue weighted by Crippen LogP contribution is -2.31. The summed E-state index contributed by atoms with van der Waals surface area (Å²) in [5.74, 6) is 0.106. The molecule has 100 valence electrons. The second-order valence-electron chi connectivity index (χ2n) is 4.84. The average molecular weight is 266 g/mol. The van der Waals surface area contributed by atoms with E-state index in [0.717, 1.165) is 22.4 Å². The lowest BCUT2D eigenvalue weighted by atomic mass is 9.93. The Balaban J connectivity index is 1.89. The molecule has 1 aromatic heterocycles. The van der Waals surface area contributed by atoms with E-state index < -0.39 is 0 Å². The van der Waals surface area contributed by atoms with Gasteiger partial charge in [0.1, 0.15) is 6.33 Å². The van der Waals surface area contributed by atoms with Gasteiger partial charge in [-0.05, 0) is 11.1 Å². The number of hydrogen-bond donors (Lipinski definition) is 1. The van der Waals surface area contributed by atoms with Crippen LogP contribution in [0.1, 0.15) is 18.9 Å². The maximum atomic E-state index is 11.3. The van der Waals surface area contributed by atoms with Crippen molar-refractivity contribution in [3.8, 4) is 11.1 Å². The minimum Gasteiger partial charge on any atom is -0.273 e. The van der Waals surface area contributed by atoms with Crippen molar-refractivity contribution in [1.82, 2.24) is 15.4 Å². The molecule has 3 rings (SSSR count). The van der Waals surface area contributed by atoms with Crippen molar-refractivity contribution in [1.29, 1.82) is 0 Å². The van der Waals surface area contributed by atoms with Crippen LogP contribution in [-0.4, -0.2) is 21.6 Å². The van der Waals surface area contributed by atoms with Gasteiger partial charge >= 0.3 is 0 Å². The third kappa shape index (κ3) is 2.42. The molecular weight excluding hydrogens is 252 g/mol. The number of aromatic nitrogens is 2. The van der Waals surface area contributed by atoms with E-state index in [-0.39, 0.29) is 11.8 Å². The van der Waals surface area contributed by atoms with E-state index in [0.29, 0.717) is 6.42 Å². The molecule has 1 aromatic carbocycles. The molecule has 0 aliphatic carbocycles. The summed E-state index contributed by atoms with van der Waals surface area (Å²) in [5.41, 5.74) is 6.52. The third-order valence-corrected chi connectivity index (χ3v) is 3.33. The summed E-state index contributed by atoms with van der Waals surface area (Å²) in [5, 5.41) is 4.16. The van der Waals surface area contributed by atoms with Crippen LogP contribution in [-0.2, 0) is 4.79 Å². The molecule has 0 saturated heterocycles. The van der Waals surface area contributed by atoms with Crippen molar-refractivity contribution in [2.24, 2.45) is 11.0 Å². The molecule has 20 heavy (non-hydrogen) atoms. The summed E-state index contributed by atoms with van der Waals surface area (Å²) in [4.78, 5) is 19.3. The van der Waals surface area contributed by atoms with Crippen LogP contribution >= 0.6 is 0 Å². The van der Waals surface area contributed by atoms with Crippen LogP contribution in [0.15, 0.2) is 48.1 Å². The second-order valence-corrected chi connectivity index (χ2v) is 4.84. The van der Waals surface area contributed by atoms with Crippen LogP contribution in [0.2, 0.25) is 0 Å². The molecule has 0 spiro atoms. The highest BCUT2D eigenvalue weighted by Crippen LogP contribution is 2.21. The number of amides is 1. The molecule has 0 saturated carbocycles. The van der Waals surface area contributed by atoms with E-state index in [2.05, 4.69) is 20.5 Å². The first-order valence-corrected chi connectivity index (χ1v) is 6.46. The minimum atomic E-state index is -0.0284. The van der Waals surface area contributed by atoms with E-state index in [1.165, 1.54) is 6.33 Å². The van der Waals surface area contributed by atoms with Crippen LogP contribution in [0.25, 0.3) is 11.1 Å². The van der Waals surface area contributed by atoms with Gasteiger partial charge in [-0.3, -0.25) is 4.79 Å². The highest BCUT2D eigenvalue weighted by atomic mass is 16.2. The number of carbonyl (C=O) groups excluding carboxylic acids is 1. The van der Waals surface area contributed by atoms with Crippen LogP contribution in [0.4, 0.5) is 0 Å². The smallest absolute Gasteiger partial charge is 0.240 e. The Kier molecular flexibility index (Phi) is 3.25. The van der Waals surface area contributed by atoms with Crippen molar-refractivity contribution in [3.63, 3.8) is 0 Å². The topological polar surface area (TPSA) is 67.2 Å². The SMILES string of the molecule is C[C@@H]1CC(=O)NN=C1c1ccc(-c2cncnc2)cc1. The summed E-state index contributed by atoms with van der Waals surface area (Å²) in [6.45, 7) is 2.01. The molecule has 0 unspecified atom stereocenters. The molecule has 1 aliphatic rings. The Morgan fingerprint density at radius 3 is 2.35 bits per heavy atom. The van der Waals surface area contributed by atoms with Crippen LogP contribution < -0.4 is 5.43 Å². The number of nitrogens with zero attached hydrogens (tertiary/aromatic N) is 3. The maximum absolute atomic E-state index is 11.3. The van der Waals surface area contributed by atoms with Crippen molar-refractivity contribution in [3.05, 3.63) is 48.5 Å². The Morgan fingerprint density at radius 2 is 1.70 bits per heavy atom. The molecule has 2 heterocycles. The van der Waals surface area contributed by atoms with Crippen molar-refractivity contribution in [2.75, 3.05) is 0 Å². The van der Waals surface area contributed by atoms with E-state index in [1.54, 1.807) is 12.4 Å². The Bertz CT molecular complexity index is 649. The molecule has 1 N–H and O–H groups in total. The average Bonchev–Trinajstić information content (AvgIpc) is 2.48. The Labute approximate surface area is 116 Å². The zero-order valence-electron chi connectivity index (χ0n) is 11.1. The quantitative estimate of drug-likeness (QED) is 0.904. The van der Waals surface area contributed by atoms with Gasteiger partial charge in [-0.15, -0.1) is 0 Å². The highest BCUT2D eigenvalue weighted by molar-refractivity contribution is 6.05. The minimum absolute atomic E-state index is 0.0284. The third-order valence-electron chi connectivity index (χ3n) is 3.33. The van der Waals surface area contributed by atoms with Crippen LogP contribution in [0.3, 0.4) is 0 Å².